The molecule has 0 amide bonds. The highest BCUT2D eigenvalue weighted by atomic mass is 16.3. The van der Waals surface area contributed by atoms with Crippen LogP contribution in [0.5, 0.6) is 0 Å². The third-order valence-electron chi connectivity index (χ3n) is 5.03. The molecule has 0 aromatic rings. The minimum Gasteiger partial charge on any atom is -0.395 e. The van der Waals surface area contributed by atoms with Crippen molar-refractivity contribution in [1.29, 1.82) is 0 Å². The third-order valence-corrected chi connectivity index (χ3v) is 5.03. The Morgan fingerprint density at radius 1 is 0.762 bits per heavy atom. The van der Waals surface area contributed by atoms with E-state index in [4.69, 9.17) is 0 Å². The number of unbranched alkanes of at least 4 members (excludes halogenated alkanes) is 9. The number of nitrogens with zero attached hydrogens (tertiary/aromatic N) is 1. The van der Waals surface area contributed by atoms with E-state index in [9.17, 15) is 5.11 Å². The van der Waals surface area contributed by atoms with Gasteiger partial charge in [-0.2, -0.15) is 0 Å². The van der Waals surface area contributed by atoms with Gasteiger partial charge in [0, 0.05) is 12.6 Å². The van der Waals surface area contributed by atoms with E-state index in [1.54, 1.807) is 0 Å². The minimum atomic E-state index is 0.328. The molecule has 0 atom stereocenters. The summed E-state index contributed by atoms with van der Waals surface area (Å²) in [5.74, 6) is 0. The zero-order valence-electron chi connectivity index (χ0n) is 14.5. The molecule has 2 heteroatoms. The molecule has 1 fully saturated rings. The second kappa shape index (κ2) is 13.6. The molecule has 1 aliphatic carbocycles. The molecule has 1 aliphatic rings. The molecule has 0 heterocycles. The third kappa shape index (κ3) is 9.52. The van der Waals surface area contributed by atoms with Crippen LogP contribution in [0.25, 0.3) is 0 Å². The van der Waals surface area contributed by atoms with Crippen LogP contribution in [0.1, 0.15) is 96.8 Å². The predicted octanol–water partition coefficient (Wildman–Crippen LogP) is 5.14. The number of aliphatic hydroxyl groups excluding tert-OH is 1. The fourth-order valence-corrected chi connectivity index (χ4v) is 3.68. The monoisotopic (exact) mass is 297 g/mol. The first-order valence-electron chi connectivity index (χ1n) is 9.73. The van der Waals surface area contributed by atoms with Gasteiger partial charge in [0.15, 0.2) is 0 Å². The lowest BCUT2D eigenvalue weighted by atomic mass is 10.1. The highest BCUT2D eigenvalue weighted by molar-refractivity contribution is 4.77. The molecule has 0 aromatic carbocycles. The van der Waals surface area contributed by atoms with Crippen LogP contribution < -0.4 is 0 Å². The Balaban J connectivity index is 1.91. The quantitative estimate of drug-likeness (QED) is 0.448. The van der Waals surface area contributed by atoms with E-state index < -0.39 is 0 Å². The molecule has 21 heavy (non-hydrogen) atoms. The highest BCUT2D eigenvalue weighted by Gasteiger charge is 2.21. The second-order valence-electron chi connectivity index (χ2n) is 6.88. The van der Waals surface area contributed by atoms with Crippen molar-refractivity contribution in [2.24, 2.45) is 0 Å². The standard InChI is InChI=1S/C19H39NO/c1-2-3-4-5-6-7-8-9-10-13-16-20(17-18-21)19-14-11-12-15-19/h19,21H,2-18H2,1H3. The number of aliphatic hydroxyl groups is 1. The van der Waals surface area contributed by atoms with Crippen molar-refractivity contribution < 1.29 is 5.11 Å². The van der Waals surface area contributed by atoms with Crippen LogP contribution in [0.4, 0.5) is 0 Å². The van der Waals surface area contributed by atoms with Gasteiger partial charge in [0.1, 0.15) is 0 Å². The zero-order valence-corrected chi connectivity index (χ0v) is 14.5. The van der Waals surface area contributed by atoms with E-state index in [1.807, 2.05) is 0 Å². The van der Waals surface area contributed by atoms with Crippen LogP contribution in [0, 0.1) is 0 Å². The summed E-state index contributed by atoms with van der Waals surface area (Å²) in [6.07, 6.45) is 19.6. The molecule has 0 radical (unpaired) electrons. The van der Waals surface area contributed by atoms with Gasteiger partial charge in [-0.05, 0) is 25.8 Å². The van der Waals surface area contributed by atoms with Gasteiger partial charge >= 0.3 is 0 Å². The predicted molar refractivity (Wildman–Crippen MR) is 92.8 cm³/mol. The molecular weight excluding hydrogens is 258 g/mol. The lowest BCUT2D eigenvalue weighted by Gasteiger charge is -2.28. The molecule has 1 N–H and O–H groups in total. The van der Waals surface area contributed by atoms with E-state index in [0.717, 1.165) is 12.6 Å². The molecular formula is C19H39NO. The van der Waals surface area contributed by atoms with Crippen LogP contribution in [-0.4, -0.2) is 35.7 Å². The lowest BCUT2D eigenvalue weighted by Crippen LogP contribution is -2.36. The summed E-state index contributed by atoms with van der Waals surface area (Å²) in [5, 5.41) is 9.22. The fraction of sp³-hybridized carbons (Fsp3) is 1.00. The summed E-state index contributed by atoms with van der Waals surface area (Å²) >= 11 is 0. The molecule has 0 bridgehead atoms. The number of hydrogen-bond acceptors (Lipinski definition) is 2. The van der Waals surface area contributed by atoms with Gasteiger partial charge in [-0.25, -0.2) is 0 Å². The lowest BCUT2D eigenvalue weighted by molar-refractivity contribution is 0.149. The van der Waals surface area contributed by atoms with E-state index in [2.05, 4.69) is 11.8 Å². The normalized spacial score (nSPS) is 16.1. The van der Waals surface area contributed by atoms with Crippen molar-refractivity contribution in [3.05, 3.63) is 0 Å². The first-order valence-corrected chi connectivity index (χ1v) is 9.73. The Bertz CT molecular complexity index is 214. The van der Waals surface area contributed by atoms with E-state index >= 15 is 0 Å². The highest BCUT2D eigenvalue weighted by Crippen LogP contribution is 2.23. The first-order chi connectivity index (χ1) is 10.4. The smallest absolute Gasteiger partial charge is 0.0558 e. The molecule has 0 aliphatic heterocycles. The number of rotatable bonds is 14. The summed E-state index contributed by atoms with van der Waals surface area (Å²) in [5.41, 5.74) is 0. The first kappa shape index (κ1) is 19.0. The topological polar surface area (TPSA) is 23.5 Å². The van der Waals surface area contributed by atoms with Crippen molar-refractivity contribution in [3.63, 3.8) is 0 Å². The maximum atomic E-state index is 9.22. The van der Waals surface area contributed by atoms with Gasteiger partial charge in [0.2, 0.25) is 0 Å². The van der Waals surface area contributed by atoms with E-state index in [-0.39, 0.29) is 0 Å². The van der Waals surface area contributed by atoms with Gasteiger partial charge in [-0.1, -0.05) is 77.6 Å². The van der Waals surface area contributed by atoms with Gasteiger partial charge < -0.3 is 5.11 Å². The Morgan fingerprint density at radius 2 is 1.29 bits per heavy atom. The summed E-state index contributed by atoms with van der Waals surface area (Å²) in [6, 6.07) is 0.774. The maximum absolute atomic E-state index is 9.22. The van der Waals surface area contributed by atoms with Crippen molar-refractivity contribution in [2.45, 2.75) is 103 Å². The molecule has 0 aromatic heterocycles. The fourth-order valence-electron chi connectivity index (χ4n) is 3.68. The second-order valence-corrected chi connectivity index (χ2v) is 6.88. The van der Waals surface area contributed by atoms with Crippen LogP contribution in [0.15, 0.2) is 0 Å². The van der Waals surface area contributed by atoms with Gasteiger partial charge in [0.25, 0.3) is 0 Å². The van der Waals surface area contributed by atoms with Gasteiger partial charge in [-0.15, -0.1) is 0 Å². The zero-order chi connectivity index (χ0) is 15.2. The maximum Gasteiger partial charge on any atom is 0.0558 e. The largest absolute Gasteiger partial charge is 0.395 e. The molecule has 2 nitrogen and oxygen atoms in total. The molecule has 1 saturated carbocycles. The number of hydrogen-bond donors (Lipinski definition) is 1. The molecule has 1 rings (SSSR count). The minimum absolute atomic E-state index is 0.328. The SMILES string of the molecule is CCCCCCCCCCCCN(CCO)C1CCCC1. The summed E-state index contributed by atoms with van der Waals surface area (Å²) in [7, 11) is 0. The van der Waals surface area contributed by atoms with Crippen molar-refractivity contribution in [1.82, 2.24) is 4.90 Å². The Morgan fingerprint density at radius 3 is 1.81 bits per heavy atom. The average Bonchev–Trinajstić information content (AvgIpc) is 3.02. The van der Waals surface area contributed by atoms with Crippen LogP contribution in [0.3, 0.4) is 0 Å². The Hall–Kier alpha value is -0.0800. The van der Waals surface area contributed by atoms with E-state index in [1.165, 1.54) is 96.4 Å². The summed E-state index contributed by atoms with van der Waals surface area (Å²) in [6.45, 7) is 4.71. The van der Waals surface area contributed by atoms with Crippen molar-refractivity contribution in [2.75, 3.05) is 19.7 Å². The van der Waals surface area contributed by atoms with Crippen molar-refractivity contribution >= 4 is 0 Å². The van der Waals surface area contributed by atoms with Crippen LogP contribution in [0.2, 0.25) is 0 Å². The van der Waals surface area contributed by atoms with Gasteiger partial charge in [0.05, 0.1) is 6.61 Å². The molecule has 0 unspecified atom stereocenters. The molecule has 0 spiro atoms. The average molecular weight is 298 g/mol. The molecule has 0 saturated heterocycles. The molecule has 126 valence electrons. The summed E-state index contributed by atoms with van der Waals surface area (Å²) in [4.78, 5) is 2.55. The van der Waals surface area contributed by atoms with Crippen LogP contribution >= 0.6 is 0 Å². The van der Waals surface area contributed by atoms with Crippen molar-refractivity contribution in [3.8, 4) is 0 Å². The Labute approximate surface area is 133 Å². The van der Waals surface area contributed by atoms with Gasteiger partial charge in [-0.3, -0.25) is 4.90 Å². The Kier molecular flexibility index (Phi) is 12.3. The summed E-state index contributed by atoms with van der Waals surface area (Å²) < 4.78 is 0. The van der Waals surface area contributed by atoms with Crippen LogP contribution in [-0.2, 0) is 0 Å². The van der Waals surface area contributed by atoms with E-state index in [0.29, 0.717) is 6.61 Å².